The summed E-state index contributed by atoms with van der Waals surface area (Å²) < 4.78 is 36.8. The van der Waals surface area contributed by atoms with E-state index in [1.165, 1.54) is 0 Å². The molecular formula is C21H24F3N5O4. The molecule has 178 valence electrons. The van der Waals surface area contributed by atoms with Crippen molar-refractivity contribution in [2.24, 2.45) is 0 Å². The number of hydrogen-bond acceptors (Lipinski definition) is 7. The Kier molecular flexibility index (Phi) is 7.18. The van der Waals surface area contributed by atoms with Crippen molar-refractivity contribution in [1.29, 1.82) is 0 Å². The molecule has 12 heteroatoms. The first-order valence-corrected chi connectivity index (χ1v) is 10.1. The van der Waals surface area contributed by atoms with Crippen molar-refractivity contribution in [3.63, 3.8) is 0 Å². The summed E-state index contributed by atoms with van der Waals surface area (Å²) in [6, 6.07) is 5.80. The molecule has 0 unspecified atom stereocenters. The largest absolute Gasteiger partial charge is 0.490 e. The van der Waals surface area contributed by atoms with Crippen LogP contribution in [0.15, 0.2) is 30.6 Å². The van der Waals surface area contributed by atoms with E-state index in [0.29, 0.717) is 0 Å². The molecule has 0 atom stereocenters. The summed E-state index contributed by atoms with van der Waals surface area (Å²) in [7, 11) is 0. The number of ether oxygens (including phenoxy) is 1. The molecule has 1 fully saturated rings. The summed E-state index contributed by atoms with van der Waals surface area (Å²) in [5, 5.41) is 13.3. The number of aromatic nitrogens is 2. The second kappa shape index (κ2) is 9.71. The summed E-state index contributed by atoms with van der Waals surface area (Å²) in [5.41, 5.74) is 4.61. The summed E-state index contributed by atoms with van der Waals surface area (Å²) in [5.74, 6) is -2.76. The third kappa shape index (κ3) is 6.86. The van der Waals surface area contributed by atoms with Crippen LogP contribution in [0, 0.1) is 0 Å². The number of nitrogens with zero attached hydrogens (tertiary/aromatic N) is 3. The smallest absolute Gasteiger partial charge is 0.475 e. The Bertz CT molecular complexity index is 1010. The number of alkyl halides is 3. The second-order valence-corrected chi connectivity index (χ2v) is 8.29. The van der Waals surface area contributed by atoms with Gasteiger partial charge in [0.15, 0.2) is 0 Å². The van der Waals surface area contributed by atoms with Gasteiger partial charge in [-0.05, 0) is 26.0 Å². The van der Waals surface area contributed by atoms with E-state index in [1.54, 1.807) is 0 Å². The minimum atomic E-state index is -5.08. The number of halogens is 3. The van der Waals surface area contributed by atoms with E-state index in [4.69, 9.17) is 14.6 Å². The van der Waals surface area contributed by atoms with Gasteiger partial charge in [0.2, 0.25) is 0 Å². The van der Waals surface area contributed by atoms with Crippen LogP contribution in [-0.2, 0) is 22.7 Å². The molecule has 1 saturated heterocycles. The Hall–Kier alpha value is -3.25. The maximum absolute atomic E-state index is 11.3. The molecule has 1 aromatic carbocycles. The third-order valence-electron chi connectivity index (χ3n) is 4.98. The third-order valence-corrected chi connectivity index (χ3v) is 4.98. The highest BCUT2D eigenvalue weighted by Crippen LogP contribution is 2.27. The van der Waals surface area contributed by atoms with Crippen LogP contribution < -0.4 is 10.6 Å². The monoisotopic (exact) mass is 467 g/mol. The van der Waals surface area contributed by atoms with Gasteiger partial charge in [-0.25, -0.2) is 9.59 Å². The van der Waals surface area contributed by atoms with Crippen molar-refractivity contribution < 1.29 is 32.6 Å². The van der Waals surface area contributed by atoms with Gasteiger partial charge in [0.25, 0.3) is 0 Å². The average Bonchev–Trinajstić information content (AvgIpc) is 2.73. The SMILES string of the molecule is CC1(C)CN(Cc2cnc(-c3ccc4c(c3)COC(=O)N4)cn2)CCN1.O=C(O)C(F)(F)F. The zero-order valence-electron chi connectivity index (χ0n) is 18.1. The van der Waals surface area contributed by atoms with Crippen LogP contribution in [0.5, 0.6) is 0 Å². The number of piperazine rings is 1. The molecule has 0 radical (unpaired) electrons. The van der Waals surface area contributed by atoms with E-state index in [1.807, 2.05) is 30.6 Å². The van der Waals surface area contributed by atoms with Gasteiger partial charge >= 0.3 is 18.2 Å². The van der Waals surface area contributed by atoms with E-state index in [0.717, 1.165) is 54.4 Å². The van der Waals surface area contributed by atoms with Crippen LogP contribution in [0.4, 0.5) is 23.7 Å². The molecule has 33 heavy (non-hydrogen) atoms. The standard InChI is InChI=1S/C19H23N5O2.C2HF3O2/c1-19(2)12-24(6-5-22-19)10-15-8-21-17(9-20-15)13-3-4-16-14(7-13)11-26-18(25)23-16;3-2(4,5)1(6)7/h3-4,7-9,22H,5-6,10-12H2,1-2H3,(H,23,25);(H,6,7). The predicted molar refractivity (Wildman–Crippen MR) is 112 cm³/mol. The van der Waals surface area contributed by atoms with Gasteiger partial charge in [-0.1, -0.05) is 6.07 Å². The van der Waals surface area contributed by atoms with Crippen molar-refractivity contribution in [1.82, 2.24) is 20.2 Å². The minimum absolute atomic E-state index is 0.131. The fourth-order valence-electron chi connectivity index (χ4n) is 3.48. The number of hydrogen-bond donors (Lipinski definition) is 3. The van der Waals surface area contributed by atoms with E-state index < -0.39 is 18.2 Å². The fourth-order valence-corrected chi connectivity index (χ4v) is 3.48. The first-order valence-electron chi connectivity index (χ1n) is 10.1. The normalized spacial score (nSPS) is 17.7. The van der Waals surface area contributed by atoms with Crippen LogP contribution in [0.3, 0.4) is 0 Å². The number of carbonyl (C=O) groups is 2. The number of benzene rings is 1. The Morgan fingerprint density at radius 1 is 1.27 bits per heavy atom. The lowest BCUT2D eigenvalue weighted by molar-refractivity contribution is -0.192. The number of fused-ring (bicyclic) bond motifs is 1. The van der Waals surface area contributed by atoms with Crippen LogP contribution >= 0.6 is 0 Å². The number of anilines is 1. The van der Waals surface area contributed by atoms with Gasteiger partial charge in [-0.15, -0.1) is 0 Å². The lowest BCUT2D eigenvalue weighted by Gasteiger charge is -2.38. The Morgan fingerprint density at radius 3 is 2.61 bits per heavy atom. The van der Waals surface area contributed by atoms with Gasteiger partial charge < -0.3 is 15.2 Å². The highest BCUT2D eigenvalue weighted by atomic mass is 19.4. The number of aliphatic carboxylic acids is 1. The number of carboxylic acids is 1. The molecule has 0 bridgehead atoms. The molecule has 1 aromatic heterocycles. The second-order valence-electron chi connectivity index (χ2n) is 8.29. The Balaban J connectivity index is 0.000000383. The van der Waals surface area contributed by atoms with E-state index in [-0.39, 0.29) is 12.1 Å². The van der Waals surface area contributed by atoms with Crippen LogP contribution in [0.1, 0.15) is 25.1 Å². The molecule has 2 aliphatic heterocycles. The number of rotatable bonds is 3. The van der Waals surface area contributed by atoms with Gasteiger partial charge in [0, 0.05) is 42.8 Å². The first kappa shape index (κ1) is 24.4. The molecule has 9 nitrogen and oxygen atoms in total. The fraction of sp³-hybridized carbons (Fsp3) is 0.429. The molecule has 3 N–H and O–H groups in total. The van der Waals surface area contributed by atoms with Crippen molar-refractivity contribution in [2.45, 2.75) is 38.7 Å². The zero-order valence-corrected chi connectivity index (χ0v) is 18.1. The van der Waals surface area contributed by atoms with Crippen molar-refractivity contribution in [3.8, 4) is 11.3 Å². The summed E-state index contributed by atoms with van der Waals surface area (Å²) >= 11 is 0. The maximum Gasteiger partial charge on any atom is 0.490 e. The molecule has 0 aliphatic carbocycles. The van der Waals surface area contributed by atoms with Gasteiger partial charge in [0.05, 0.1) is 29.5 Å². The van der Waals surface area contributed by atoms with Crippen LogP contribution in [0.2, 0.25) is 0 Å². The van der Waals surface area contributed by atoms with Gasteiger partial charge in [-0.2, -0.15) is 13.2 Å². The lowest BCUT2D eigenvalue weighted by atomic mass is 10.0. The number of cyclic esters (lactones) is 1. The maximum atomic E-state index is 11.3. The Morgan fingerprint density at radius 2 is 2.00 bits per heavy atom. The highest BCUT2D eigenvalue weighted by molar-refractivity contribution is 5.88. The predicted octanol–water partition coefficient (Wildman–Crippen LogP) is 3.02. The topological polar surface area (TPSA) is 117 Å². The lowest BCUT2D eigenvalue weighted by Crippen LogP contribution is -2.56. The zero-order chi connectivity index (χ0) is 24.2. The Labute approximate surface area is 188 Å². The van der Waals surface area contributed by atoms with E-state index in [9.17, 15) is 18.0 Å². The number of nitrogens with one attached hydrogen (secondary N) is 2. The average molecular weight is 467 g/mol. The number of carbonyl (C=O) groups excluding carboxylic acids is 1. The van der Waals surface area contributed by atoms with Crippen LogP contribution in [-0.4, -0.2) is 63.4 Å². The summed E-state index contributed by atoms with van der Waals surface area (Å²) in [6.07, 6.45) is -1.83. The van der Waals surface area contributed by atoms with Crippen LogP contribution in [0.25, 0.3) is 11.3 Å². The van der Waals surface area contributed by atoms with E-state index >= 15 is 0 Å². The van der Waals surface area contributed by atoms with Crippen molar-refractivity contribution >= 4 is 17.7 Å². The van der Waals surface area contributed by atoms with E-state index in [2.05, 4.69) is 39.3 Å². The molecule has 0 spiro atoms. The molecule has 1 amide bonds. The van der Waals surface area contributed by atoms with Gasteiger partial charge in [-0.3, -0.25) is 20.2 Å². The summed E-state index contributed by atoms with van der Waals surface area (Å²) in [4.78, 5) is 31.7. The molecular weight excluding hydrogens is 443 g/mol. The quantitative estimate of drug-likeness (QED) is 0.631. The molecule has 0 saturated carbocycles. The first-order chi connectivity index (χ1) is 15.4. The van der Waals surface area contributed by atoms with Crippen molar-refractivity contribution in [3.05, 3.63) is 41.9 Å². The number of amides is 1. The molecule has 4 rings (SSSR count). The minimum Gasteiger partial charge on any atom is -0.475 e. The highest BCUT2D eigenvalue weighted by Gasteiger charge is 2.38. The summed E-state index contributed by atoms with van der Waals surface area (Å²) in [6.45, 7) is 8.52. The number of carboxylic acid groups (broad SMARTS) is 1. The van der Waals surface area contributed by atoms with Gasteiger partial charge in [0.1, 0.15) is 6.61 Å². The molecule has 3 heterocycles. The molecule has 2 aliphatic rings. The van der Waals surface area contributed by atoms with Crippen molar-refractivity contribution in [2.75, 3.05) is 25.0 Å². The molecule has 2 aromatic rings.